The first-order valence-electron chi connectivity index (χ1n) is 8.85. The molecule has 7 nitrogen and oxygen atoms in total. The van der Waals surface area contributed by atoms with Crippen molar-refractivity contribution in [2.75, 3.05) is 6.54 Å². The van der Waals surface area contributed by atoms with Crippen LogP contribution in [0.4, 0.5) is 4.79 Å². The van der Waals surface area contributed by atoms with Crippen molar-refractivity contribution in [2.24, 2.45) is 5.92 Å². The highest BCUT2D eigenvalue weighted by Crippen LogP contribution is 2.30. The van der Waals surface area contributed by atoms with Crippen molar-refractivity contribution >= 4 is 18.0 Å². The lowest BCUT2D eigenvalue weighted by molar-refractivity contribution is -0.194. The van der Waals surface area contributed by atoms with Crippen LogP contribution in [-0.2, 0) is 30.4 Å². The second kappa shape index (κ2) is 9.75. The van der Waals surface area contributed by atoms with Gasteiger partial charge in [-0.15, -0.1) is 6.58 Å². The van der Waals surface area contributed by atoms with Gasteiger partial charge in [0.05, 0.1) is 0 Å². The number of hydrogen-bond donors (Lipinski definition) is 0. The summed E-state index contributed by atoms with van der Waals surface area (Å²) in [6.45, 7) is 6.66. The standard InChI is InChI=1S/C20H25NO6/c1-4-8-17-11-12-21(19(27-15(3)23)18(17)26-14(2)22)20(24)25-13-16-9-6-5-7-10-16/h4-7,9-10,17-19H,1,8,11-13H2,2-3H3. The van der Waals surface area contributed by atoms with E-state index >= 15 is 0 Å². The van der Waals surface area contributed by atoms with Gasteiger partial charge in [0.15, 0.2) is 6.10 Å². The average molecular weight is 375 g/mol. The molecule has 1 aromatic carbocycles. The van der Waals surface area contributed by atoms with Gasteiger partial charge >= 0.3 is 18.0 Å². The number of rotatable bonds is 6. The maximum Gasteiger partial charge on any atom is 0.413 e. The fraction of sp³-hybridized carbons (Fsp3) is 0.450. The Hall–Kier alpha value is -2.83. The third-order valence-electron chi connectivity index (χ3n) is 4.29. The van der Waals surface area contributed by atoms with Gasteiger partial charge < -0.3 is 14.2 Å². The van der Waals surface area contributed by atoms with Gasteiger partial charge in [0.2, 0.25) is 6.23 Å². The number of amides is 1. The quantitative estimate of drug-likeness (QED) is 0.432. The van der Waals surface area contributed by atoms with E-state index in [-0.39, 0.29) is 12.5 Å². The van der Waals surface area contributed by atoms with Crippen molar-refractivity contribution in [3.63, 3.8) is 0 Å². The van der Waals surface area contributed by atoms with E-state index in [1.165, 1.54) is 18.7 Å². The highest BCUT2D eigenvalue weighted by Gasteiger charge is 2.44. The Morgan fingerprint density at radius 2 is 1.81 bits per heavy atom. The number of nitrogens with zero attached hydrogens (tertiary/aromatic N) is 1. The summed E-state index contributed by atoms with van der Waals surface area (Å²) in [6.07, 6.45) is 0.426. The lowest BCUT2D eigenvalue weighted by atomic mass is 9.89. The van der Waals surface area contributed by atoms with Crippen molar-refractivity contribution in [1.29, 1.82) is 0 Å². The van der Waals surface area contributed by atoms with Gasteiger partial charge in [0.25, 0.3) is 0 Å². The second-order valence-corrected chi connectivity index (χ2v) is 6.38. The van der Waals surface area contributed by atoms with Crippen LogP contribution in [0.15, 0.2) is 43.0 Å². The van der Waals surface area contributed by atoms with Crippen LogP contribution in [0.5, 0.6) is 0 Å². The number of carbonyl (C=O) groups is 3. The van der Waals surface area contributed by atoms with Crippen molar-refractivity contribution in [2.45, 2.75) is 45.6 Å². The van der Waals surface area contributed by atoms with Crippen LogP contribution < -0.4 is 0 Å². The topological polar surface area (TPSA) is 82.1 Å². The normalized spacial score (nSPS) is 21.9. The minimum atomic E-state index is -1.03. The molecule has 0 N–H and O–H groups in total. The van der Waals surface area contributed by atoms with E-state index in [1.807, 2.05) is 30.3 Å². The Balaban J connectivity index is 2.16. The van der Waals surface area contributed by atoms with Crippen LogP contribution in [-0.4, -0.2) is 41.8 Å². The Morgan fingerprint density at radius 3 is 2.41 bits per heavy atom. The molecule has 1 aliphatic heterocycles. The van der Waals surface area contributed by atoms with E-state index in [4.69, 9.17) is 14.2 Å². The van der Waals surface area contributed by atoms with E-state index in [0.717, 1.165) is 5.56 Å². The van der Waals surface area contributed by atoms with Crippen molar-refractivity contribution in [3.05, 3.63) is 48.6 Å². The number of likely N-dealkylation sites (tertiary alicyclic amines) is 1. The fourth-order valence-corrected chi connectivity index (χ4v) is 3.12. The van der Waals surface area contributed by atoms with E-state index < -0.39 is 30.4 Å². The molecule has 7 heteroatoms. The third-order valence-corrected chi connectivity index (χ3v) is 4.29. The molecule has 0 aliphatic carbocycles. The minimum Gasteiger partial charge on any atom is -0.456 e. The van der Waals surface area contributed by atoms with Crippen LogP contribution in [0.2, 0.25) is 0 Å². The first kappa shape index (κ1) is 20.5. The molecule has 1 aromatic rings. The van der Waals surface area contributed by atoms with Gasteiger partial charge in [-0.2, -0.15) is 0 Å². The molecule has 0 bridgehead atoms. The summed E-state index contributed by atoms with van der Waals surface area (Å²) in [5.41, 5.74) is 0.841. The van der Waals surface area contributed by atoms with E-state index in [0.29, 0.717) is 19.4 Å². The van der Waals surface area contributed by atoms with E-state index in [1.54, 1.807) is 6.08 Å². The number of carbonyl (C=O) groups excluding carboxylic acids is 3. The Morgan fingerprint density at radius 1 is 1.15 bits per heavy atom. The summed E-state index contributed by atoms with van der Waals surface area (Å²) < 4.78 is 16.1. The highest BCUT2D eigenvalue weighted by molar-refractivity contribution is 5.71. The number of esters is 2. The molecular weight excluding hydrogens is 350 g/mol. The van der Waals surface area contributed by atoms with E-state index in [9.17, 15) is 14.4 Å². The average Bonchev–Trinajstić information content (AvgIpc) is 2.62. The van der Waals surface area contributed by atoms with E-state index in [2.05, 4.69) is 6.58 Å². The molecule has 27 heavy (non-hydrogen) atoms. The molecule has 1 saturated heterocycles. The molecule has 0 spiro atoms. The Labute approximate surface area is 158 Å². The minimum absolute atomic E-state index is 0.0945. The van der Waals surface area contributed by atoms with Gasteiger partial charge in [-0.25, -0.2) is 4.79 Å². The fourth-order valence-electron chi connectivity index (χ4n) is 3.12. The van der Waals surface area contributed by atoms with Crippen LogP contribution >= 0.6 is 0 Å². The monoisotopic (exact) mass is 375 g/mol. The molecule has 1 heterocycles. The maximum absolute atomic E-state index is 12.6. The van der Waals surface area contributed by atoms with Crippen LogP contribution in [0.1, 0.15) is 32.3 Å². The largest absolute Gasteiger partial charge is 0.456 e. The summed E-state index contributed by atoms with van der Waals surface area (Å²) in [4.78, 5) is 37.1. The van der Waals surface area contributed by atoms with Crippen molar-refractivity contribution in [1.82, 2.24) is 4.90 Å². The van der Waals surface area contributed by atoms with Crippen molar-refractivity contribution < 1.29 is 28.6 Å². The summed E-state index contributed by atoms with van der Waals surface area (Å²) in [5, 5.41) is 0. The summed E-state index contributed by atoms with van der Waals surface area (Å²) in [5.74, 6) is -1.18. The van der Waals surface area contributed by atoms with Crippen LogP contribution in [0, 0.1) is 5.92 Å². The maximum atomic E-state index is 12.6. The molecule has 1 amide bonds. The number of ether oxygens (including phenoxy) is 3. The summed E-state index contributed by atoms with van der Waals surface area (Å²) >= 11 is 0. The molecule has 0 saturated carbocycles. The molecule has 0 aromatic heterocycles. The predicted octanol–water partition coefficient (Wildman–Crippen LogP) is 3.04. The first-order valence-corrected chi connectivity index (χ1v) is 8.85. The van der Waals surface area contributed by atoms with Gasteiger partial charge in [0, 0.05) is 26.3 Å². The zero-order chi connectivity index (χ0) is 19.8. The number of allylic oxidation sites excluding steroid dienone is 1. The van der Waals surface area contributed by atoms with Crippen LogP contribution in [0.25, 0.3) is 0 Å². The Kier molecular flexibility index (Phi) is 7.40. The molecule has 2 rings (SSSR count). The van der Waals surface area contributed by atoms with Gasteiger partial charge in [0.1, 0.15) is 6.61 Å². The molecular formula is C20H25NO6. The van der Waals surface area contributed by atoms with Crippen molar-refractivity contribution in [3.8, 4) is 0 Å². The zero-order valence-electron chi connectivity index (χ0n) is 15.6. The summed E-state index contributed by atoms with van der Waals surface area (Å²) in [6, 6.07) is 9.25. The molecule has 1 fully saturated rings. The predicted molar refractivity (Wildman–Crippen MR) is 97.4 cm³/mol. The van der Waals surface area contributed by atoms with Gasteiger partial charge in [-0.1, -0.05) is 36.4 Å². The second-order valence-electron chi connectivity index (χ2n) is 6.38. The number of benzene rings is 1. The molecule has 3 unspecified atom stereocenters. The zero-order valence-corrected chi connectivity index (χ0v) is 15.6. The van der Waals surface area contributed by atoms with Gasteiger partial charge in [-0.05, 0) is 18.4 Å². The lowest BCUT2D eigenvalue weighted by Crippen LogP contribution is -2.57. The van der Waals surface area contributed by atoms with Gasteiger partial charge in [-0.3, -0.25) is 14.5 Å². The summed E-state index contributed by atoms with van der Waals surface area (Å²) in [7, 11) is 0. The number of hydrogen-bond acceptors (Lipinski definition) is 6. The molecule has 0 radical (unpaired) electrons. The highest BCUT2D eigenvalue weighted by atomic mass is 16.6. The molecule has 146 valence electrons. The molecule has 1 aliphatic rings. The first-order chi connectivity index (χ1) is 12.9. The third kappa shape index (κ3) is 5.84. The Bertz CT molecular complexity index is 674. The number of piperidine rings is 1. The lowest BCUT2D eigenvalue weighted by Gasteiger charge is -2.42. The van der Waals surface area contributed by atoms with Crippen LogP contribution in [0.3, 0.4) is 0 Å². The SMILES string of the molecule is C=CCC1CCN(C(=O)OCc2ccccc2)C(OC(C)=O)C1OC(C)=O. The molecule has 3 atom stereocenters. The smallest absolute Gasteiger partial charge is 0.413 e.